The molecule has 1 N–H and O–H groups in total. The molecule has 2 heterocycles. The second-order valence-electron chi connectivity index (χ2n) is 7.33. The zero-order valence-corrected chi connectivity index (χ0v) is 16.4. The fourth-order valence-electron chi connectivity index (χ4n) is 3.68. The van der Waals surface area contributed by atoms with Gasteiger partial charge in [0.05, 0.1) is 11.3 Å². The zero-order chi connectivity index (χ0) is 21.1. The Kier molecular flexibility index (Phi) is 5.65. The van der Waals surface area contributed by atoms with Crippen molar-refractivity contribution in [3.63, 3.8) is 0 Å². The Hall–Kier alpha value is -3.42. The number of likely N-dealkylation sites (tertiary alicyclic amines) is 1. The molecule has 156 valence electrons. The first-order valence-electron chi connectivity index (χ1n) is 9.94. The minimum Gasteiger partial charge on any atom is -0.482 e. The van der Waals surface area contributed by atoms with Crippen molar-refractivity contribution in [2.24, 2.45) is 0 Å². The van der Waals surface area contributed by atoms with Crippen molar-refractivity contribution in [1.29, 1.82) is 0 Å². The van der Waals surface area contributed by atoms with Crippen LogP contribution < -0.4 is 15.0 Å². The Balaban J connectivity index is 1.54. The van der Waals surface area contributed by atoms with Gasteiger partial charge in [-0.15, -0.1) is 0 Å². The van der Waals surface area contributed by atoms with Crippen LogP contribution in [0.5, 0.6) is 5.75 Å². The summed E-state index contributed by atoms with van der Waals surface area (Å²) in [5.41, 5.74) is 0.693. The predicted octanol–water partition coefficient (Wildman–Crippen LogP) is 2.82. The molecule has 0 radical (unpaired) electrons. The van der Waals surface area contributed by atoms with Crippen molar-refractivity contribution < 1.29 is 23.5 Å². The van der Waals surface area contributed by atoms with Crippen LogP contribution in [0.15, 0.2) is 42.5 Å². The molecule has 1 fully saturated rings. The number of hydrogen-bond donors (Lipinski definition) is 1. The number of ether oxygens (including phenoxy) is 1. The first-order valence-corrected chi connectivity index (χ1v) is 9.94. The molecule has 0 atom stereocenters. The Morgan fingerprint density at radius 1 is 1.07 bits per heavy atom. The molecule has 0 aliphatic carbocycles. The van der Waals surface area contributed by atoms with E-state index in [4.69, 9.17) is 4.74 Å². The van der Waals surface area contributed by atoms with Crippen molar-refractivity contribution in [3.8, 4) is 5.75 Å². The summed E-state index contributed by atoms with van der Waals surface area (Å²) in [4.78, 5) is 40.7. The molecule has 8 heteroatoms. The lowest BCUT2D eigenvalue weighted by Gasteiger charge is -2.33. The molecule has 4 rings (SSSR count). The molecule has 2 aromatic rings. The Morgan fingerprint density at radius 2 is 1.83 bits per heavy atom. The smallest absolute Gasteiger partial charge is 0.265 e. The van der Waals surface area contributed by atoms with Gasteiger partial charge in [-0.3, -0.25) is 19.3 Å². The monoisotopic (exact) mass is 411 g/mol. The van der Waals surface area contributed by atoms with Crippen molar-refractivity contribution in [2.75, 3.05) is 36.5 Å². The largest absolute Gasteiger partial charge is 0.482 e. The fourth-order valence-corrected chi connectivity index (χ4v) is 3.68. The molecule has 2 aromatic carbocycles. The quantitative estimate of drug-likeness (QED) is 0.839. The molecular formula is C22H22FN3O4. The molecule has 3 amide bonds. The van der Waals surface area contributed by atoms with Crippen LogP contribution in [0, 0.1) is 5.82 Å². The van der Waals surface area contributed by atoms with Crippen LogP contribution in [-0.2, 0) is 9.59 Å². The van der Waals surface area contributed by atoms with Gasteiger partial charge in [0.2, 0.25) is 5.91 Å². The highest BCUT2D eigenvalue weighted by atomic mass is 19.1. The van der Waals surface area contributed by atoms with Gasteiger partial charge in [-0.25, -0.2) is 4.39 Å². The number of hydrogen-bond acceptors (Lipinski definition) is 4. The highest BCUT2D eigenvalue weighted by Gasteiger charge is 2.30. The van der Waals surface area contributed by atoms with Gasteiger partial charge >= 0.3 is 0 Å². The van der Waals surface area contributed by atoms with E-state index in [0.717, 1.165) is 19.3 Å². The lowest BCUT2D eigenvalue weighted by atomic mass is 10.1. The van der Waals surface area contributed by atoms with E-state index in [0.29, 0.717) is 30.2 Å². The second-order valence-corrected chi connectivity index (χ2v) is 7.33. The maximum atomic E-state index is 13.9. The van der Waals surface area contributed by atoms with E-state index < -0.39 is 11.7 Å². The molecule has 0 saturated carbocycles. The van der Waals surface area contributed by atoms with Crippen LogP contribution in [0.3, 0.4) is 0 Å². The van der Waals surface area contributed by atoms with Gasteiger partial charge < -0.3 is 15.0 Å². The molecule has 1 saturated heterocycles. The molecule has 0 spiro atoms. The Bertz CT molecular complexity index is 988. The Morgan fingerprint density at radius 3 is 2.60 bits per heavy atom. The SMILES string of the molecule is O=C(Nc1ccc2c(c1)N(CC(=O)N1CCCCC1)C(=O)CO2)c1ccccc1F. The van der Waals surface area contributed by atoms with E-state index in [2.05, 4.69) is 5.32 Å². The highest BCUT2D eigenvalue weighted by molar-refractivity contribution is 6.06. The van der Waals surface area contributed by atoms with E-state index in [9.17, 15) is 18.8 Å². The third-order valence-electron chi connectivity index (χ3n) is 5.28. The van der Waals surface area contributed by atoms with Crippen molar-refractivity contribution in [3.05, 3.63) is 53.8 Å². The highest BCUT2D eigenvalue weighted by Crippen LogP contribution is 2.35. The van der Waals surface area contributed by atoms with Crippen LogP contribution in [0.1, 0.15) is 29.6 Å². The van der Waals surface area contributed by atoms with Gasteiger partial charge in [0.15, 0.2) is 6.61 Å². The van der Waals surface area contributed by atoms with E-state index in [1.54, 1.807) is 29.2 Å². The normalized spacial score (nSPS) is 16.0. The summed E-state index contributed by atoms with van der Waals surface area (Å²) >= 11 is 0. The van der Waals surface area contributed by atoms with Crippen molar-refractivity contribution >= 4 is 29.1 Å². The minimum atomic E-state index is -0.625. The Labute approximate surface area is 173 Å². The number of benzene rings is 2. The zero-order valence-electron chi connectivity index (χ0n) is 16.4. The fraction of sp³-hybridized carbons (Fsp3) is 0.318. The molecule has 2 aliphatic rings. The maximum absolute atomic E-state index is 13.9. The summed E-state index contributed by atoms with van der Waals surface area (Å²) in [7, 11) is 0. The number of amides is 3. The molecule has 2 aliphatic heterocycles. The number of nitrogens with zero attached hydrogens (tertiary/aromatic N) is 2. The van der Waals surface area contributed by atoms with Gasteiger partial charge in [-0.2, -0.15) is 0 Å². The number of fused-ring (bicyclic) bond motifs is 1. The molecule has 0 aromatic heterocycles. The lowest BCUT2D eigenvalue weighted by molar-refractivity contribution is -0.132. The summed E-state index contributed by atoms with van der Waals surface area (Å²) in [5.74, 6) is -1.22. The van der Waals surface area contributed by atoms with E-state index in [-0.39, 0.29) is 30.5 Å². The summed E-state index contributed by atoms with van der Waals surface area (Å²) < 4.78 is 19.3. The molecule has 0 unspecified atom stereocenters. The number of anilines is 2. The summed E-state index contributed by atoms with van der Waals surface area (Å²) in [6.45, 7) is 1.16. The summed E-state index contributed by atoms with van der Waals surface area (Å²) in [5, 5.41) is 2.63. The summed E-state index contributed by atoms with van der Waals surface area (Å²) in [6, 6.07) is 10.5. The second kappa shape index (κ2) is 8.52. The molecule has 30 heavy (non-hydrogen) atoms. The lowest BCUT2D eigenvalue weighted by Crippen LogP contribution is -2.47. The number of carbonyl (C=O) groups excluding carboxylic acids is 3. The number of halogens is 1. The van der Waals surface area contributed by atoms with E-state index in [1.807, 2.05) is 0 Å². The molecular weight excluding hydrogens is 389 g/mol. The average Bonchev–Trinajstić information content (AvgIpc) is 2.76. The van der Waals surface area contributed by atoms with Gasteiger partial charge in [0.1, 0.15) is 18.1 Å². The van der Waals surface area contributed by atoms with Gasteiger partial charge in [0.25, 0.3) is 11.8 Å². The van der Waals surface area contributed by atoms with Crippen LogP contribution in [0.4, 0.5) is 15.8 Å². The van der Waals surface area contributed by atoms with Crippen LogP contribution in [0.25, 0.3) is 0 Å². The van der Waals surface area contributed by atoms with Gasteiger partial charge in [-0.1, -0.05) is 12.1 Å². The third kappa shape index (κ3) is 4.12. The molecule has 7 nitrogen and oxygen atoms in total. The molecule has 0 bridgehead atoms. The first kappa shape index (κ1) is 19.9. The average molecular weight is 411 g/mol. The maximum Gasteiger partial charge on any atom is 0.265 e. The van der Waals surface area contributed by atoms with E-state index >= 15 is 0 Å². The first-order chi connectivity index (χ1) is 14.5. The predicted molar refractivity (Wildman–Crippen MR) is 109 cm³/mol. The van der Waals surface area contributed by atoms with Crippen LogP contribution >= 0.6 is 0 Å². The van der Waals surface area contributed by atoms with E-state index in [1.165, 1.54) is 23.1 Å². The van der Waals surface area contributed by atoms with Gasteiger partial charge in [0, 0.05) is 18.8 Å². The third-order valence-corrected chi connectivity index (χ3v) is 5.28. The van der Waals surface area contributed by atoms with Gasteiger partial charge in [-0.05, 0) is 49.6 Å². The topological polar surface area (TPSA) is 79.0 Å². The van der Waals surface area contributed by atoms with Crippen LogP contribution in [0.2, 0.25) is 0 Å². The standard InChI is InChI=1S/C22H22FN3O4/c23-17-7-3-2-6-16(17)22(29)24-15-8-9-19-18(12-15)26(21(28)14-30-19)13-20(27)25-10-4-1-5-11-25/h2-3,6-9,12H,1,4-5,10-11,13-14H2,(H,24,29). The minimum absolute atomic E-state index is 0.0834. The van der Waals surface area contributed by atoms with Crippen molar-refractivity contribution in [2.45, 2.75) is 19.3 Å². The summed E-state index contributed by atoms with van der Waals surface area (Å²) in [6.07, 6.45) is 3.03. The number of rotatable bonds is 4. The van der Waals surface area contributed by atoms with Crippen LogP contribution in [-0.4, -0.2) is 48.9 Å². The van der Waals surface area contributed by atoms with Crippen molar-refractivity contribution in [1.82, 2.24) is 4.90 Å². The number of piperidine rings is 1. The number of carbonyl (C=O) groups is 3. The number of nitrogens with one attached hydrogen (secondary N) is 1.